The van der Waals surface area contributed by atoms with E-state index in [-0.39, 0.29) is 17.3 Å². The lowest BCUT2D eigenvalue weighted by atomic mass is 10.0. The first-order valence-electron chi connectivity index (χ1n) is 9.98. The van der Waals surface area contributed by atoms with Crippen LogP contribution in [0.3, 0.4) is 0 Å². The van der Waals surface area contributed by atoms with E-state index in [1.165, 1.54) is 6.92 Å². The Kier molecular flexibility index (Phi) is 9.39. The van der Waals surface area contributed by atoms with E-state index in [9.17, 15) is 24.0 Å². The third-order valence-corrected chi connectivity index (χ3v) is 5.73. The summed E-state index contributed by atoms with van der Waals surface area (Å²) in [7, 11) is 0. The first kappa shape index (κ1) is 25.1. The first-order chi connectivity index (χ1) is 15.2. The van der Waals surface area contributed by atoms with Gasteiger partial charge in [0, 0.05) is 18.6 Å². The van der Waals surface area contributed by atoms with Crippen LogP contribution in [0.25, 0.3) is 10.8 Å². The minimum Gasteiger partial charge on any atom is -0.481 e. The van der Waals surface area contributed by atoms with Gasteiger partial charge in [0.1, 0.15) is 6.04 Å². The van der Waals surface area contributed by atoms with Gasteiger partial charge in [0.15, 0.2) is 17.5 Å². The normalized spacial score (nSPS) is 12.6. The van der Waals surface area contributed by atoms with Crippen molar-refractivity contribution in [3.05, 3.63) is 48.0 Å². The Morgan fingerprint density at radius 1 is 1.06 bits per heavy atom. The van der Waals surface area contributed by atoms with Gasteiger partial charge < -0.3 is 15.2 Å². The molecule has 8 nitrogen and oxygen atoms in total. The van der Waals surface area contributed by atoms with Gasteiger partial charge in [-0.05, 0) is 16.3 Å². The molecule has 2 rings (SSSR count). The molecule has 2 aromatic carbocycles. The van der Waals surface area contributed by atoms with Crippen LogP contribution in [0.15, 0.2) is 42.5 Å². The molecule has 2 N–H and O–H groups in total. The van der Waals surface area contributed by atoms with Gasteiger partial charge in [-0.3, -0.25) is 24.0 Å². The smallest absolute Gasteiger partial charge is 0.310 e. The van der Waals surface area contributed by atoms with Crippen molar-refractivity contribution in [3.8, 4) is 0 Å². The third kappa shape index (κ3) is 7.81. The molecule has 2 aromatic rings. The summed E-state index contributed by atoms with van der Waals surface area (Å²) >= 11 is 0.962. The van der Waals surface area contributed by atoms with Crippen LogP contribution in [0.2, 0.25) is 0 Å². The molecule has 2 atom stereocenters. The minimum absolute atomic E-state index is 0.0517. The van der Waals surface area contributed by atoms with Gasteiger partial charge in [-0.1, -0.05) is 61.2 Å². The third-order valence-electron chi connectivity index (χ3n) is 4.66. The summed E-state index contributed by atoms with van der Waals surface area (Å²) in [5.74, 6) is -3.60. The molecule has 0 spiro atoms. The number of carbonyl (C=O) groups is 5. The Bertz CT molecular complexity index is 1020. The molecular weight excluding hydrogens is 434 g/mol. The van der Waals surface area contributed by atoms with E-state index in [0.717, 1.165) is 28.1 Å². The van der Waals surface area contributed by atoms with Gasteiger partial charge in [-0.15, -0.1) is 0 Å². The van der Waals surface area contributed by atoms with E-state index in [2.05, 4.69) is 5.32 Å². The first-order valence-corrected chi connectivity index (χ1v) is 11.0. The summed E-state index contributed by atoms with van der Waals surface area (Å²) in [5.41, 5.74) is 0.743. The molecule has 0 aromatic heterocycles. The second-order valence-electron chi connectivity index (χ2n) is 7.30. The SMILES string of the molecule is CC(=O)SCC(C)C(=O)NC(CC(=O)O)C(=O)COC(=O)Cc1cccc2ccccc12. The Balaban J connectivity index is 1.95. The van der Waals surface area contributed by atoms with Gasteiger partial charge in [0.05, 0.1) is 12.8 Å². The van der Waals surface area contributed by atoms with Crippen LogP contribution in [0.4, 0.5) is 0 Å². The molecule has 0 saturated heterocycles. The van der Waals surface area contributed by atoms with Crippen LogP contribution in [-0.4, -0.2) is 52.3 Å². The lowest BCUT2D eigenvalue weighted by Gasteiger charge is -2.18. The molecule has 32 heavy (non-hydrogen) atoms. The largest absolute Gasteiger partial charge is 0.481 e. The van der Waals surface area contributed by atoms with E-state index in [1.807, 2.05) is 36.4 Å². The van der Waals surface area contributed by atoms with Gasteiger partial charge in [-0.2, -0.15) is 0 Å². The van der Waals surface area contributed by atoms with E-state index < -0.39 is 48.6 Å². The Morgan fingerprint density at radius 2 is 1.75 bits per heavy atom. The minimum atomic E-state index is -1.34. The van der Waals surface area contributed by atoms with Crippen molar-refractivity contribution in [1.82, 2.24) is 5.32 Å². The second kappa shape index (κ2) is 12.0. The maximum Gasteiger partial charge on any atom is 0.310 e. The lowest BCUT2D eigenvalue weighted by molar-refractivity contribution is -0.148. The molecule has 170 valence electrons. The molecule has 0 heterocycles. The number of carboxylic acid groups (broad SMARTS) is 1. The molecule has 0 aliphatic heterocycles. The quantitative estimate of drug-likeness (QED) is 0.491. The number of carboxylic acids is 1. The van der Waals surface area contributed by atoms with Crippen molar-refractivity contribution in [1.29, 1.82) is 0 Å². The number of nitrogens with one attached hydrogen (secondary N) is 1. The number of aliphatic carboxylic acids is 1. The number of thioether (sulfide) groups is 1. The molecule has 1 amide bonds. The topological polar surface area (TPSA) is 127 Å². The summed E-state index contributed by atoms with van der Waals surface area (Å²) in [5, 5.41) is 13.2. The number of carbonyl (C=O) groups excluding carboxylic acids is 4. The number of Topliss-reactive ketones (excluding diaryl/α,β-unsaturated/α-hetero) is 1. The van der Waals surface area contributed by atoms with E-state index in [0.29, 0.717) is 0 Å². The van der Waals surface area contributed by atoms with Gasteiger partial charge >= 0.3 is 11.9 Å². The van der Waals surface area contributed by atoms with Crippen molar-refractivity contribution < 1.29 is 33.8 Å². The summed E-state index contributed by atoms with van der Waals surface area (Å²) < 4.78 is 5.06. The van der Waals surface area contributed by atoms with E-state index in [1.54, 1.807) is 13.0 Å². The summed E-state index contributed by atoms with van der Waals surface area (Å²) in [4.78, 5) is 59.2. The predicted octanol–water partition coefficient (Wildman–Crippen LogP) is 2.37. The van der Waals surface area contributed by atoms with Crippen LogP contribution in [0, 0.1) is 5.92 Å². The number of fused-ring (bicyclic) bond motifs is 1. The standard InChI is InChI=1S/C23H25NO7S/c1-14(13-32-15(2)25)23(30)24-19(11-21(27)28)20(26)12-31-22(29)10-17-8-5-7-16-6-3-4-9-18(16)17/h3-9,14,19H,10-13H2,1-2H3,(H,24,30)(H,27,28). The Hall–Kier alpha value is -3.20. The second-order valence-corrected chi connectivity index (χ2v) is 8.50. The average Bonchev–Trinajstić information content (AvgIpc) is 2.75. The summed E-state index contributed by atoms with van der Waals surface area (Å²) in [6.45, 7) is 2.29. The van der Waals surface area contributed by atoms with E-state index in [4.69, 9.17) is 9.84 Å². The Morgan fingerprint density at radius 3 is 2.44 bits per heavy atom. The van der Waals surface area contributed by atoms with Crippen molar-refractivity contribution in [3.63, 3.8) is 0 Å². The molecule has 2 unspecified atom stereocenters. The number of hydrogen-bond acceptors (Lipinski definition) is 7. The number of rotatable bonds is 11. The molecule has 0 fully saturated rings. The number of ketones is 1. The van der Waals surface area contributed by atoms with Crippen molar-refractivity contribution in [2.45, 2.75) is 32.7 Å². The molecule has 0 aliphatic carbocycles. The average molecular weight is 460 g/mol. The maximum absolute atomic E-state index is 12.5. The van der Waals surface area contributed by atoms with Crippen LogP contribution in [0.5, 0.6) is 0 Å². The zero-order valence-electron chi connectivity index (χ0n) is 17.8. The van der Waals surface area contributed by atoms with E-state index >= 15 is 0 Å². The van der Waals surface area contributed by atoms with Crippen molar-refractivity contribution in [2.24, 2.45) is 5.92 Å². The number of ether oxygens (including phenoxy) is 1. The maximum atomic E-state index is 12.5. The van der Waals surface area contributed by atoms with Gasteiger partial charge in [0.25, 0.3) is 0 Å². The number of amides is 1. The Labute approximate surface area is 189 Å². The summed E-state index contributed by atoms with van der Waals surface area (Å²) in [6.07, 6.45) is -0.693. The highest BCUT2D eigenvalue weighted by atomic mass is 32.2. The zero-order chi connectivity index (χ0) is 23.7. The fourth-order valence-electron chi connectivity index (χ4n) is 2.96. The lowest BCUT2D eigenvalue weighted by Crippen LogP contribution is -2.46. The van der Waals surface area contributed by atoms with Crippen LogP contribution in [0.1, 0.15) is 25.8 Å². The van der Waals surface area contributed by atoms with Crippen molar-refractivity contribution >= 4 is 51.3 Å². The van der Waals surface area contributed by atoms with Gasteiger partial charge in [0.2, 0.25) is 5.91 Å². The highest BCUT2D eigenvalue weighted by Gasteiger charge is 2.27. The van der Waals surface area contributed by atoms with Crippen LogP contribution >= 0.6 is 11.8 Å². The highest BCUT2D eigenvalue weighted by Crippen LogP contribution is 2.19. The monoisotopic (exact) mass is 459 g/mol. The fraction of sp³-hybridized carbons (Fsp3) is 0.348. The summed E-state index contributed by atoms with van der Waals surface area (Å²) in [6, 6.07) is 11.7. The molecule has 0 bridgehead atoms. The fourth-order valence-corrected chi connectivity index (χ4v) is 3.59. The molecule has 0 saturated carbocycles. The predicted molar refractivity (Wildman–Crippen MR) is 120 cm³/mol. The van der Waals surface area contributed by atoms with Gasteiger partial charge in [-0.25, -0.2) is 0 Å². The van der Waals surface area contributed by atoms with Crippen molar-refractivity contribution in [2.75, 3.05) is 12.4 Å². The number of hydrogen-bond donors (Lipinski definition) is 2. The molecular formula is C23H25NO7S. The molecule has 0 radical (unpaired) electrons. The zero-order valence-corrected chi connectivity index (χ0v) is 18.6. The number of benzene rings is 2. The molecule has 0 aliphatic rings. The van der Waals surface area contributed by atoms with Crippen LogP contribution < -0.4 is 5.32 Å². The number of esters is 1. The highest BCUT2D eigenvalue weighted by molar-refractivity contribution is 8.13. The van der Waals surface area contributed by atoms with Crippen LogP contribution in [-0.2, 0) is 35.1 Å². The molecule has 9 heteroatoms.